The Morgan fingerprint density at radius 1 is 1.36 bits per heavy atom. The molecule has 0 spiro atoms. The van der Waals surface area contributed by atoms with Gasteiger partial charge in [0.1, 0.15) is 5.75 Å². The average Bonchev–Trinajstić information content (AvgIpc) is 2.44. The zero-order valence-electron chi connectivity index (χ0n) is 13.2. The fourth-order valence-corrected chi connectivity index (χ4v) is 1.99. The van der Waals surface area contributed by atoms with Crippen molar-refractivity contribution in [3.63, 3.8) is 0 Å². The molecule has 7 heteroatoms. The highest BCUT2D eigenvalue weighted by Gasteiger charge is 2.26. The number of hydrogen-bond donors (Lipinski definition) is 2. The van der Waals surface area contributed by atoms with Crippen LogP contribution in [0.5, 0.6) is 5.75 Å². The van der Waals surface area contributed by atoms with Crippen LogP contribution in [0.3, 0.4) is 0 Å². The maximum atomic E-state index is 12.2. The molecule has 0 bridgehead atoms. The van der Waals surface area contributed by atoms with Crippen molar-refractivity contribution >= 4 is 5.96 Å². The van der Waals surface area contributed by atoms with Gasteiger partial charge in [0.2, 0.25) is 0 Å². The number of ether oxygens (including phenoxy) is 1. The van der Waals surface area contributed by atoms with Crippen molar-refractivity contribution in [3.8, 4) is 5.75 Å². The molecule has 1 aromatic rings. The lowest BCUT2D eigenvalue weighted by molar-refractivity contribution is -0.132. The first kappa shape index (κ1) is 18.1. The van der Waals surface area contributed by atoms with Crippen LogP contribution >= 0.6 is 0 Å². The Balaban J connectivity index is 2.69. The minimum Gasteiger partial charge on any atom is -0.496 e. The summed E-state index contributed by atoms with van der Waals surface area (Å²) in [6, 6.07) is 5.61. The van der Waals surface area contributed by atoms with Gasteiger partial charge >= 0.3 is 6.18 Å². The van der Waals surface area contributed by atoms with E-state index in [-0.39, 0.29) is 12.6 Å². The summed E-state index contributed by atoms with van der Waals surface area (Å²) in [7, 11) is 3.10. The Bertz CT molecular complexity index is 515. The summed E-state index contributed by atoms with van der Waals surface area (Å²) in [5.41, 5.74) is 1.99. The number of nitrogens with one attached hydrogen (secondary N) is 2. The van der Waals surface area contributed by atoms with Crippen LogP contribution in [0.2, 0.25) is 0 Å². The summed E-state index contributed by atoms with van der Waals surface area (Å²) in [6.45, 7) is 3.64. The molecule has 0 aliphatic heterocycles. The summed E-state index contributed by atoms with van der Waals surface area (Å²) >= 11 is 0. The van der Waals surface area contributed by atoms with Crippen LogP contribution in [-0.2, 0) is 0 Å². The Labute approximate surface area is 128 Å². The molecule has 22 heavy (non-hydrogen) atoms. The smallest absolute Gasteiger partial charge is 0.390 e. The van der Waals surface area contributed by atoms with E-state index in [1.54, 1.807) is 7.11 Å². The number of guanidine groups is 1. The van der Waals surface area contributed by atoms with Gasteiger partial charge in [-0.2, -0.15) is 13.2 Å². The molecule has 1 atom stereocenters. The monoisotopic (exact) mass is 317 g/mol. The first-order valence-electron chi connectivity index (χ1n) is 6.95. The number of halogens is 3. The summed E-state index contributed by atoms with van der Waals surface area (Å²) in [6.07, 6.45) is -5.09. The van der Waals surface area contributed by atoms with Gasteiger partial charge in [-0.1, -0.05) is 17.7 Å². The van der Waals surface area contributed by atoms with E-state index in [1.165, 1.54) is 7.05 Å². The third kappa shape index (κ3) is 5.83. The van der Waals surface area contributed by atoms with Crippen LogP contribution in [0.15, 0.2) is 23.2 Å². The van der Waals surface area contributed by atoms with Crippen molar-refractivity contribution in [2.75, 3.05) is 20.7 Å². The van der Waals surface area contributed by atoms with E-state index in [0.717, 1.165) is 16.9 Å². The molecule has 1 unspecified atom stereocenters. The minimum absolute atomic E-state index is 0.160. The Morgan fingerprint density at radius 2 is 2.05 bits per heavy atom. The largest absolute Gasteiger partial charge is 0.496 e. The molecule has 0 saturated carbocycles. The number of nitrogens with zero attached hydrogens (tertiary/aromatic N) is 1. The summed E-state index contributed by atoms with van der Waals surface area (Å²) in [5, 5.41) is 5.72. The van der Waals surface area contributed by atoms with Gasteiger partial charge in [-0.25, -0.2) is 0 Å². The van der Waals surface area contributed by atoms with E-state index >= 15 is 0 Å². The molecule has 124 valence electrons. The molecule has 0 aliphatic rings. The van der Waals surface area contributed by atoms with Crippen molar-refractivity contribution in [2.24, 2.45) is 4.99 Å². The first-order chi connectivity index (χ1) is 10.3. The van der Waals surface area contributed by atoms with Crippen LogP contribution in [0.4, 0.5) is 13.2 Å². The van der Waals surface area contributed by atoms with E-state index in [2.05, 4.69) is 15.6 Å². The molecule has 0 heterocycles. The van der Waals surface area contributed by atoms with E-state index in [1.807, 2.05) is 32.0 Å². The van der Waals surface area contributed by atoms with Gasteiger partial charge in [0.25, 0.3) is 0 Å². The van der Waals surface area contributed by atoms with Crippen LogP contribution < -0.4 is 15.4 Å². The number of hydrogen-bond acceptors (Lipinski definition) is 2. The predicted octanol–water partition coefficient (Wildman–Crippen LogP) is 3.18. The highest BCUT2D eigenvalue weighted by molar-refractivity contribution is 5.80. The van der Waals surface area contributed by atoms with Crippen LogP contribution in [0, 0.1) is 6.92 Å². The quantitative estimate of drug-likeness (QED) is 0.648. The van der Waals surface area contributed by atoms with Gasteiger partial charge in [0, 0.05) is 19.2 Å². The van der Waals surface area contributed by atoms with Crippen LogP contribution in [-0.4, -0.2) is 32.8 Å². The topological polar surface area (TPSA) is 45.7 Å². The number of rotatable bonds is 5. The maximum absolute atomic E-state index is 12.2. The van der Waals surface area contributed by atoms with Crippen molar-refractivity contribution in [1.82, 2.24) is 10.6 Å². The van der Waals surface area contributed by atoms with Crippen molar-refractivity contribution < 1.29 is 17.9 Å². The third-order valence-corrected chi connectivity index (χ3v) is 3.13. The zero-order chi connectivity index (χ0) is 16.8. The fraction of sp³-hybridized carbons (Fsp3) is 0.533. The molecule has 0 aliphatic carbocycles. The van der Waals surface area contributed by atoms with Gasteiger partial charge in [0.15, 0.2) is 5.96 Å². The lowest BCUT2D eigenvalue weighted by atomic mass is 10.0. The fourth-order valence-electron chi connectivity index (χ4n) is 1.99. The molecule has 2 N–H and O–H groups in total. The number of aryl methyl sites for hydroxylation is 1. The Morgan fingerprint density at radius 3 is 2.59 bits per heavy atom. The second kappa shape index (κ2) is 7.91. The number of alkyl halides is 3. The van der Waals surface area contributed by atoms with Crippen molar-refractivity contribution in [1.29, 1.82) is 0 Å². The van der Waals surface area contributed by atoms with Gasteiger partial charge in [-0.15, -0.1) is 0 Å². The van der Waals surface area contributed by atoms with Gasteiger partial charge in [0.05, 0.1) is 19.6 Å². The second-order valence-corrected chi connectivity index (χ2v) is 4.98. The molecule has 0 saturated heterocycles. The molecular weight excluding hydrogens is 295 g/mol. The lowest BCUT2D eigenvalue weighted by Gasteiger charge is -2.21. The molecule has 0 radical (unpaired) electrons. The summed E-state index contributed by atoms with van der Waals surface area (Å²) in [4.78, 5) is 3.94. The number of methoxy groups -OCH3 is 1. The van der Waals surface area contributed by atoms with E-state index in [9.17, 15) is 13.2 Å². The second-order valence-electron chi connectivity index (χ2n) is 4.98. The normalized spacial score (nSPS) is 13.7. The summed E-state index contributed by atoms with van der Waals surface area (Å²) in [5.74, 6) is 1.04. The lowest BCUT2D eigenvalue weighted by Crippen LogP contribution is -2.40. The number of benzene rings is 1. The molecule has 0 amide bonds. The molecule has 1 rings (SSSR count). The third-order valence-electron chi connectivity index (χ3n) is 3.13. The maximum Gasteiger partial charge on any atom is 0.390 e. The molecule has 1 aromatic carbocycles. The highest BCUT2D eigenvalue weighted by atomic mass is 19.4. The Kier molecular flexibility index (Phi) is 6.52. The standard InChI is InChI=1S/C15H22F3N3O/c1-10-5-6-13(22-4)12(9-10)11(2)21-14(19-3)20-8-7-15(16,17)18/h5-6,9,11H,7-8H2,1-4H3,(H2,19,20,21). The average molecular weight is 317 g/mol. The molecule has 4 nitrogen and oxygen atoms in total. The van der Waals surface area contributed by atoms with E-state index in [4.69, 9.17) is 4.74 Å². The van der Waals surface area contributed by atoms with Gasteiger partial charge in [-0.05, 0) is 19.9 Å². The predicted molar refractivity (Wildman–Crippen MR) is 81.3 cm³/mol. The molecular formula is C15H22F3N3O. The molecule has 0 aromatic heterocycles. The zero-order valence-corrected chi connectivity index (χ0v) is 13.2. The highest BCUT2D eigenvalue weighted by Crippen LogP contribution is 2.26. The van der Waals surface area contributed by atoms with Crippen molar-refractivity contribution in [3.05, 3.63) is 29.3 Å². The summed E-state index contributed by atoms with van der Waals surface area (Å²) < 4.78 is 41.8. The van der Waals surface area contributed by atoms with Gasteiger partial charge in [-0.3, -0.25) is 4.99 Å². The van der Waals surface area contributed by atoms with E-state index < -0.39 is 12.6 Å². The SMILES string of the molecule is CN=C(NCCC(F)(F)F)NC(C)c1cc(C)ccc1OC. The van der Waals surface area contributed by atoms with Crippen LogP contribution in [0.25, 0.3) is 0 Å². The molecule has 0 fully saturated rings. The number of aliphatic imine (C=N–C) groups is 1. The van der Waals surface area contributed by atoms with E-state index in [0.29, 0.717) is 5.96 Å². The van der Waals surface area contributed by atoms with Crippen LogP contribution in [0.1, 0.15) is 30.5 Å². The minimum atomic E-state index is -4.18. The van der Waals surface area contributed by atoms with Gasteiger partial charge < -0.3 is 15.4 Å². The Hall–Kier alpha value is -1.92. The first-order valence-corrected chi connectivity index (χ1v) is 6.95. The van der Waals surface area contributed by atoms with Crippen molar-refractivity contribution in [2.45, 2.75) is 32.5 Å².